The van der Waals surface area contributed by atoms with Gasteiger partial charge in [0, 0.05) is 0 Å². The Balaban J connectivity index is -0.0000000267. The van der Waals surface area contributed by atoms with E-state index < -0.39 is 5.97 Å². The molecule has 1 N–H and O–H groups in total. The molecule has 34 valence electrons. The van der Waals surface area contributed by atoms with Crippen molar-refractivity contribution in [1.82, 2.24) is 0 Å². The maximum Gasteiger partial charge on any atom is 2.00 e. The molecule has 0 unspecified atom stereocenters. The molecule has 0 aliphatic heterocycles. The molecule has 0 bridgehead atoms. The quantitative estimate of drug-likeness (QED) is 0.448. The topological polar surface area (TPSA) is 37.3 Å². The fraction of sp³-hybridized carbons (Fsp3) is 0.500. The Morgan fingerprint density at radius 3 is 2.17 bits per heavy atom. The molecule has 0 saturated heterocycles. The number of rotatable bonds is 1. The second kappa shape index (κ2) is 5.72. The van der Waals surface area contributed by atoms with Crippen molar-refractivity contribution in [3.8, 4) is 0 Å². The molecule has 0 aliphatic carbocycles. The van der Waals surface area contributed by atoms with E-state index in [-0.39, 0.29) is 31.2 Å². The maximum absolute atomic E-state index is 9.32. The first kappa shape index (κ1) is 9.87. The number of carboxylic acid groups (broad SMARTS) is 1. The fourth-order valence-corrected chi connectivity index (χ4v) is 0. The van der Waals surface area contributed by atoms with Crippen LogP contribution in [0.3, 0.4) is 0 Å². The van der Waals surface area contributed by atoms with Crippen LogP contribution in [0.25, 0.3) is 0 Å². The second-order valence-corrected chi connectivity index (χ2v) is 1.09. The normalized spacial score (nSPS) is 6.17. The van der Waals surface area contributed by atoms with Crippen molar-refractivity contribution < 1.29 is 12.8 Å². The molecule has 0 aromatic carbocycles. The van der Waals surface area contributed by atoms with Gasteiger partial charge < -0.3 is 7.96 Å². The third-order valence-corrected chi connectivity index (χ3v) is 0.594. The van der Waals surface area contributed by atoms with E-state index in [0.29, 0.717) is 0 Å². The van der Waals surface area contributed by atoms with Crippen molar-refractivity contribution in [3.05, 3.63) is 0 Å². The van der Waals surface area contributed by atoms with Gasteiger partial charge >= 0.3 is 29.0 Å². The number of aliphatic carboxylic acids is 1. The van der Waals surface area contributed by atoms with Gasteiger partial charge in [-0.05, 0) is 0 Å². The molecule has 0 aromatic heterocycles. The van der Waals surface area contributed by atoms with Gasteiger partial charge in [-0.3, -0.25) is 4.79 Å². The first-order chi connectivity index (χ1) is 2.27. The molecule has 2 nitrogen and oxygen atoms in total. The smallest absolute Gasteiger partial charge is 1.00 e. The monoisotopic (exact) mass is 164 g/mol. The largest absolute Gasteiger partial charge is 2.00 e. The van der Waals surface area contributed by atoms with Crippen molar-refractivity contribution in [1.29, 1.82) is 0 Å². The van der Waals surface area contributed by atoms with Crippen LogP contribution in [-0.4, -0.2) is 39.5 Å². The van der Waals surface area contributed by atoms with Gasteiger partial charge in [0.05, 0.1) is 0 Å². The summed E-state index contributed by atoms with van der Waals surface area (Å²) < 4.78 is 0. The van der Waals surface area contributed by atoms with Crippen molar-refractivity contribution in [2.75, 3.05) is 5.33 Å². The van der Waals surface area contributed by atoms with Crippen LogP contribution in [0.15, 0.2) is 0 Å². The molecule has 0 aromatic rings. The van der Waals surface area contributed by atoms with Crippen LogP contribution in [-0.2, 0) is 4.79 Å². The Bertz CT molecular complexity index is 53.3. The molecular weight excluding hydrogens is 160 g/mol. The minimum absolute atomic E-state index is 0. The van der Waals surface area contributed by atoms with Gasteiger partial charge in [0.15, 0.2) is 0 Å². The van der Waals surface area contributed by atoms with E-state index >= 15 is 0 Å². The molecule has 0 saturated carbocycles. The van der Waals surface area contributed by atoms with E-state index in [9.17, 15) is 4.79 Å². The second-order valence-electron chi connectivity index (χ2n) is 0.527. The van der Waals surface area contributed by atoms with Gasteiger partial charge in [-0.2, -0.15) is 0 Å². The number of alkyl halides is 1. The first-order valence-corrected chi connectivity index (χ1v) is 2.17. The molecule has 0 heterocycles. The van der Waals surface area contributed by atoms with E-state index in [1.807, 2.05) is 0 Å². The SMILES string of the molecule is O=C(O)CBr.[H-].[H-].[Mg+2]. The summed E-state index contributed by atoms with van der Waals surface area (Å²) in [6.45, 7) is 0. The summed E-state index contributed by atoms with van der Waals surface area (Å²) in [4.78, 5) is 9.32. The van der Waals surface area contributed by atoms with Crippen LogP contribution in [0.2, 0.25) is 0 Å². The van der Waals surface area contributed by atoms with E-state index in [2.05, 4.69) is 15.9 Å². The molecule has 0 amide bonds. The summed E-state index contributed by atoms with van der Waals surface area (Å²) in [7, 11) is 0. The van der Waals surface area contributed by atoms with Crippen molar-refractivity contribution in [2.24, 2.45) is 0 Å². The predicted molar refractivity (Wildman–Crippen MR) is 29.4 cm³/mol. The number of carboxylic acids is 1. The number of hydrogen-bond acceptors (Lipinski definition) is 1. The van der Waals surface area contributed by atoms with Gasteiger partial charge in [-0.1, -0.05) is 15.9 Å². The van der Waals surface area contributed by atoms with Crippen molar-refractivity contribution in [3.63, 3.8) is 0 Å². The minimum Gasteiger partial charge on any atom is -1.00 e. The van der Waals surface area contributed by atoms with Crippen molar-refractivity contribution in [2.45, 2.75) is 0 Å². The molecule has 0 atom stereocenters. The van der Waals surface area contributed by atoms with E-state index in [1.54, 1.807) is 0 Å². The molecule has 0 spiro atoms. The molecule has 0 radical (unpaired) electrons. The fourth-order valence-electron chi connectivity index (χ4n) is 0. The summed E-state index contributed by atoms with van der Waals surface area (Å²) in [6.07, 6.45) is 0. The summed E-state index contributed by atoms with van der Waals surface area (Å²) in [5, 5.41) is 7.71. The number of hydrogen-bond donors (Lipinski definition) is 1. The predicted octanol–water partition coefficient (Wildman–Crippen LogP) is 0.310. The summed E-state index contributed by atoms with van der Waals surface area (Å²) in [6, 6.07) is 0. The summed E-state index contributed by atoms with van der Waals surface area (Å²) >= 11 is 2.71. The summed E-state index contributed by atoms with van der Waals surface area (Å²) in [5.74, 6) is -0.829. The standard InChI is InChI=1S/C2H3BrO2.Mg.2H/c3-1-2(4)5;;;/h1H2,(H,4,5);;;/q;+2;2*-1. The zero-order valence-corrected chi connectivity index (χ0v) is 6.15. The molecule has 0 rings (SSSR count). The Kier molecular flexibility index (Phi) is 9.40. The van der Waals surface area contributed by atoms with E-state index in [4.69, 9.17) is 5.11 Å². The number of halogens is 1. The number of carbonyl (C=O) groups is 1. The van der Waals surface area contributed by atoms with Crippen LogP contribution >= 0.6 is 15.9 Å². The average molecular weight is 165 g/mol. The zero-order chi connectivity index (χ0) is 4.28. The molecular formula is C2H5BrMgO2. The summed E-state index contributed by atoms with van der Waals surface area (Å²) in [5.41, 5.74) is 0. The minimum atomic E-state index is -0.829. The van der Waals surface area contributed by atoms with Gasteiger partial charge in [-0.25, -0.2) is 0 Å². The van der Waals surface area contributed by atoms with Gasteiger partial charge in [0.1, 0.15) is 5.33 Å². The van der Waals surface area contributed by atoms with Gasteiger partial charge in [0.2, 0.25) is 0 Å². The third kappa shape index (κ3) is 8.83. The van der Waals surface area contributed by atoms with Crippen LogP contribution in [0, 0.1) is 0 Å². The van der Waals surface area contributed by atoms with E-state index in [1.165, 1.54) is 0 Å². The van der Waals surface area contributed by atoms with Crippen molar-refractivity contribution >= 4 is 45.0 Å². The van der Waals surface area contributed by atoms with Crippen LogP contribution in [0.1, 0.15) is 2.85 Å². The Morgan fingerprint density at radius 2 is 2.17 bits per heavy atom. The van der Waals surface area contributed by atoms with E-state index in [0.717, 1.165) is 0 Å². The maximum atomic E-state index is 9.32. The Hall–Kier alpha value is 0.716. The molecule has 0 aliphatic rings. The van der Waals surface area contributed by atoms with Crippen LogP contribution < -0.4 is 0 Å². The van der Waals surface area contributed by atoms with Gasteiger partial charge in [0.25, 0.3) is 0 Å². The molecule has 0 fully saturated rings. The van der Waals surface area contributed by atoms with Crippen LogP contribution in [0.4, 0.5) is 0 Å². The average Bonchev–Trinajstić information content (AvgIpc) is 1.38. The molecule has 4 heteroatoms. The molecule has 6 heavy (non-hydrogen) atoms. The Morgan fingerprint density at radius 1 is 2.00 bits per heavy atom. The Labute approximate surface area is 63.2 Å². The van der Waals surface area contributed by atoms with Gasteiger partial charge in [-0.15, -0.1) is 0 Å². The van der Waals surface area contributed by atoms with Crippen LogP contribution in [0.5, 0.6) is 0 Å². The zero-order valence-electron chi connectivity index (χ0n) is 5.15. The third-order valence-electron chi connectivity index (χ3n) is 0.114. The first-order valence-electron chi connectivity index (χ1n) is 1.05.